The van der Waals surface area contributed by atoms with Gasteiger partial charge in [-0.05, 0) is 32.9 Å². The molecule has 0 N–H and O–H groups in total. The third-order valence-corrected chi connectivity index (χ3v) is 2.71. The molecule has 0 bridgehead atoms. The van der Waals surface area contributed by atoms with Crippen LogP contribution in [-0.4, -0.2) is 32.2 Å². The molecule has 1 rings (SSSR count). The first-order chi connectivity index (χ1) is 8.47. The van der Waals surface area contributed by atoms with Crippen LogP contribution in [0.15, 0.2) is 18.2 Å². The molecule has 1 aromatic carbocycles. The van der Waals surface area contributed by atoms with Crippen LogP contribution in [-0.2, 0) is 4.74 Å². The molecule has 4 nitrogen and oxygen atoms in total. The van der Waals surface area contributed by atoms with Crippen molar-refractivity contribution in [3.63, 3.8) is 0 Å². The van der Waals surface area contributed by atoms with Gasteiger partial charge in [-0.2, -0.15) is 0 Å². The van der Waals surface area contributed by atoms with Crippen molar-refractivity contribution in [2.75, 3.05) is 20.8 Å². The zero-order valence-electron chi connectivity index (χ0n) is 11.6. The molecule has 18 heavy (non-hydrogen) atoms. The number of benzene rings is 1. The zero-order chi connectivity index (χ0) is 13.8. The standard InChI is InChI=1S/C14H20O4/c1-6-18-14(2,3)13(15)12-10(16-4)8-7-9-11(12)17-5/h7-9H,6H2,1-5H3. The smallest absolute Gasteiger partial charge is 0.201 e. The predicted octanol–water partition coefficient (Wildman–Crippen LogP) is 2.70. The first kappa shape index (κ1) is 14.5. The Morgan fingerprint density at radius 1 is 1.17 bits per heavy atom. The van der Waals surface area contributed by atoms with Crippen LogP contribution in [0, 0.1) is 0 Å². The third kappa shape index (κ3) is 2.82. The molecular weight excluding hydrogens is 232 g/mol. The van der Waals surface area contributed by atoms with Crippen molar-refractivity contribution in [2.45, 2.75) is 26.4 Å². The lowest BCUT2D eigenvalue weighted by molar-refractivity contribution is 0.000866. The normalized spacial score (nSPS) is 11.2. The molecule has 0 saturated carbocycles. The van der Waals surface area contributed by atoms with Crippen molar-refractivity contribution in [3.8, 4) is 11.5 Å². The van der Waals surface area contributed by atoms with Gasteiger partial charge in [0, 0.05) is 6.61 Å². The van der Waals surface area contributed by atoms with Crippen molar-refractivity contribution >= 4 is 5.78 Å². The molecule has 0 fully saturated rings. The summed E-state index contributed by atoms with van der Waals surface area (Å²) in [7, 11) is 3.05. The largest absolute Gasteiger partial charge is 0.496 e. The number of rotatable bonds is 6. The first-order valence-electron chi connectivity index (χ1n) is 5.87. The summed E-state index contributed by atoms with van der Waals surface area (Å²) < 4.78 is 15.9. The van der Waals surface area contributed by atoms with Gasteiger partial charge in [0.15, 0.2) is 0 Å². The number of methoxy groups -OCH3 is 2. The Balaban J connectivity index is 3.26. The maximum atomic E-state index is 12.5. The number of carbonyl (C=O) groups excluding carboxylic acids is 1. The molecule has 0 aromatic heterocycles. The molecule has 0 aliphatic heterocycles. The summed E-state index contributed by atoms with van der Waals surface area (Å²) in [6.45, 7) is 5.81. The van der Waals surface area contributed by atoms with Crippen LogP contribution >= 0.6 is 0 Å². The number of hydrogen-bond acceptors (Lipinski definition) is 4. The molecule has 0 amide bonds. The summed E-state index contributed by atoms with van der Waals surface area (Å²) in [5.74, 6) is 0.831. The lowest BCUT2D eigenvalue weighted by atomic mass is 9.95. The Morgan fingerprint density at radius 2 is 1.67 bits per heavy atom. The minimum Gasteiger partial charge on any atom is -0.496 e. The number of ether oxygens (including phenoxy) is 3. The van der Waals surface area contributed by atoms with Crippen molar-refractivity contribution < 1.29 is 19.0 Å². The Morgan fingerprint density at radius 3 is 2.06 bits per heavy atom. The molecule has 0 spiro atoms. The minimum atomic E-state index is -0.906. The Labute approximate surface area is 108 Å². The van der Waals surface area contributed by atoms with Crippen LogP contribution in [0.1, 0.15) is 31.1 Å². The van der Waals surface area contributed by atoms with Crippen molar-refractivity contribution in [3.05, 3.63) is 23.8 Å². The molecule has 0 aliphatic rings. The molecule has 0 unspecified atom stereocenters. The van der Waals surface area contributed by atoms with Crippen molar-refractivity contribution in [2.24, 2.45) is 0 Å². The van der Waals surface area contributed by atoms with E-state index in [4.69, 9.17) is 14.2 Å². The second kappa shape index (κ2) is 5.87. The van der Waals surface area contributed by atoms with Gasteiger partial charge in [-0.15, -0.1) is 0 Å². The van der Waals surface area contributed by atoms with Crippen LogP contribution in [0.3, 0.4) is 0 Å². The Kier molecular flexibility index (Phi) is 4.73. The van der Waals surface area contributed by atoms with Gasteiger partial charge in [0.25, 0.3) is 0 Å². The van der Waals surface area contributed by atoms with Gasteiger partial charge in [-0.25, -0.2) is 0 Å². The quantitative estimate of drug-likeness (QED) is 0.730. The van der Waals surface area contributed by atoms with Gasteiger partial charge in [-0.1, -0.05) is 6.07 Å². The highest BCUT2D eigenvalue weighted by molar-refractivity contribution is 6.06. The molecule has 0 aliphatic carbocycles. The van der Waals surface area contributed by atoms with E-state index in [9.17, 15) is 4.79 Å². The maximum absolute atomic E-state index is 12.5. The summed E-state index contributed by atoms with van der Waals surface area (Å²) in [6, 6.07) is 5.25. The Hall–Kier alpha value is -1.55. The van der Waals surface area contributed by atoms with Crippen LogP contribution < -0.4 is 9.47 Å². The Bertz CT molecular complexity index is 402. The van der Waals surface area contributed by atoms with Gasteiger partial charge < -0.3 is 14.2 Å². The van der Waals surface area contributed by atoms with E-state index < -0.39 is 5.60 Å². The van der Waals surface area contributed by atoms with E-state index in [0.717, 1.165) is 0 Å². The van der Waals surface area contributed by atoms with E-state index in [0.29, 0.717) is 23.7 Å². The van der Waals surface area contributed by atoms with Gasteiger partial charge in [-0.3, -0.25) is 4.79 Å². The van der Waals surface area contributed by atoms with E-state index in [-0.39, 0.29) is 5.78 Å². The second-order valence-corrected chi connectivity index (χ2v) is 4.31. The second-order valence-electron chi connectivity index (χ2n) is 4.31. The van der Waals surface area contributed by atoms with E-state index in [1.54, 1.807) is 32.0 Å². The average Bonchev–Trinajstić information content (AvgIpc) is 2.36. The van der Waals surface area contributed by atoms with Gasteiger partial charge in [0.1, 0.15) is 22.7 Å². The highest BCUT2D eigenvalue weighted by Gasteiger charge is 2.33. The molecule has 100 valence electrons. The lowest BCUT2D eigenvalue weighted by Gasteiger charge is -2.24. The number of Topliss-reactive ketones (excluding diaryl/α,β-unsaturated/α-hetero) is 1. The molecular formula is C14H20O4. The zero-order valence-corrected chi connectivity index (χ0v) is 11.6. The molecule has 1 aromatic rings. The predicted molar refractivity (Wildman–Crippen MR) is 69.6 cm³/mol. The monoisotopic (exact) mass is 252 g/mol. The summed E-state index contributed by atoms with van der Waals surface area (Å²) in [5.41, 5.74) is -0.489. The van der Waals surface area contributed by atoms with E-state index in [1.165, 1.54) is 14.2 Å². The molecule has 0 radical (unpaired) electrons. The highest BCUT2D eigenvalue weighted by Crippen LogP contribution is 2.32. The van der Waals surface area contributed by atoms with Crippen molar-refractivity contribution in [1.29, 1.82) is 0 Å². The summed E-state index contributed by atoms with van der Waals surface area (Å²) in [4.78, 5) is 12.5. The summed E-state index contributed by atoms with van der Waals surface area (Å²) in [5, 5.41) is 0. The van der Waals surface area contributed by atoms with Crippen LogP contribution in [0.2, 0.25) is 0 Å². The van der Waals surface area contributed by atoms with Gasteiger partial charge in [0.05, 0.1) is 14.2 Å². The number of hydrogen-bond donors (Lipinski definition) is 0. The summed E-state index contributed by atoms with van der Waals surface area (Å²) >= 11 is 0. The minimum absolute atomic E-state index is 0.154. The van der Waals surface area contributed by atoms with Crippen LogP contribution in [0.5, 0.6) is 11.5 Å². The lowest BCUT2D eigenvalue weighted by Crippen LogP contribution is -2.35. The molecule has 0 heterocycles. The molecule has 0 atom stereocenters. The third-order valence-electron chi connectivity index (χ3n) is 2.71. The summed E-state index contributed by atoms with van der Waals surface area (Å²) in [6.07, 6.45) is 0. The average molecular weight is 252 g/mol. The van der Waals surface area contributed by atoms with E-state index >= 15 is 0 Å². The molecule has 4 heteroatoms. The van der Waals surface area contributed by atoms with Crippen molar-refractivity contribution in [1.82, 2.24) is 0 Å². The van der Waals surface area contributed by atoms with Crippen LogP contribution in [0.4, 0.5) is 0 Å². The number of carbonyl (C=O) groups is 1. The molecule has 0 saturated heterocycles. The topological polar surface area (TPSA) is 44.8 Å². The van der Waals surface area contributed by atoms with Gasteiger partial charge in [0.2, 0.25) is 5.78 Å². The first-order valence-corrected chi connectivity index (χ1v) is 5.87. The highest BCUT2D eigenvalue weighted by atomic mass is 16.5. The maximum Gasteiger partial charge on any atom is 0.201 e. The van der Waals surface area contributed by atoms with E-state index in [1.807, 2.05) is 6.92 Å². The SMILES string of the molecule is CCOC(C)(C)C(=O)c1c(OC)cccc1OC. The van der Waals surface area contributed by atoms with Crippen LogP contribution in [0.25, 0.3) is 0 Å². The van der Waals surface area contributed by atoms with Gasteiger partial charge >= 0.3 is 0 Å². The number of ketones is 1. The fourth-order valence-corrected chi connectivity index (χ4v) is 1.80. The fourth-order valence-electron chi connectivity index (χ4n) is 1.80. The fraction of sp³-hybridized carbons (Fsp3) is 0.500. The van der Waals surface area contributed by atoms with E-state index in [2.05, 4.69) is 0 Å².